The van der Waals surface area contributed by atoms with Gasteiger partial charge in [0.2, 0.25) is 0 Å². The van der Waals surface area contributed by atoms with E-state index in [2.05, 4.69) is 63.4 Å². The Bertz CT molecular complexity index is 1700. The van der Waals surface area contributed by atoms with Crippen LogP contribution in [0.3, 0.4) is 0 Å². The van der Waals surface area contributed by atoms with Crippen molar-refractivity contribution in [2.45, 2.75) is 57.2 Å². The van der Waals surface area contributed by atoms with Gasteiger partial charge in [0, 0.05) is 54.7 Å². The third-order valence-electron chi connectivity index (χ3n) is 9.18. The molecule has 1 aliphatic carbocycles. The van der Waals surface area contributed by atoms with Crippen molar-refractivity contribution in [3.8, 4) is 33.8 Å². The number of morpholine rings is 1. The quantitative estimate of drug-likeness (QED) is 0.286. The lowest BCUT2D eigenvalue weighted by Gasteiger charge is -2.56. The van der Waals surface area contributed by atoms with E-state index < -0.39 is 0 Å². The fourth-order valence-electron chi connectivity index (χ4n) is 7.05. The van der Waals surface area contributed by atoms with Gasteiger partial charge in [0.05, 0.1) is 30.3 Å². The lowest BCUT2D eigenvalue weighted by atomic mass is 9.87. The summed E-state index contributed by atoms with van der Waals surface area (Å²) in [6.07, 6.45) is 11.7. The van der Waals surface area contributed by atoms with Crippen LogP contribution in [0, 0.1) is 6.92 Å². The van der Waals surface area contributed by atoms with E-state index in [0.29, 0.717) is 23.8 Å². The minimum absolute atomic E-state index is 0. The number of aryl methyl sites for hydroxylation is 3. The van der Waals surface area contributed by atoms with Gasteiger partial charge in [-0.25, -0.2) is 4.98 Å². The minimum atomic E-state index is 0. The van der Waals surface area contributed by atoms with Gasteiger partial charge in [-0.1, -0.05) is 24.3 Å². The second-order valence-electron chi connectivity index (χ2n) is 11.5. The number of hydrogen-bond acceptors (Lipinski definition) is 6. The third kappa shape index (κ3) is 4.03. The predicted molar refractivity (Wildman–Crippen MR) is 158 cm³/mol. The fraction of sp³-hybridized carbons (Fsp3) is 0.333. The maximum atomic E-state index is 5.74. The Morgan fingerprint density at radius 1 is 0.850 bits per heavy atom. The molecule has 2 bridgehead atoms. The van der Waals surface area contributed by atoms with Crippen molar-refractivity contribution in [1.29, 1.82) is 0 Å². The number of aromatic nitrogens is 5. The predicted octanol–water partition coefficient (Wildman–Crippen LogP) is 6.02. The molecule has 1 N–H and O–H groups in total. The summed E-state index contributed by atoms with van der Waals surface area (Å²) in [5.41, 5.74) is 10.8. The van der Waals surface area contributed by atoms with Crippen molar-refractivity contribution in [1.82, 2.24) is 30.0 Å². The monoisotopic (exact) mass is 530 g/mol. The largest absolute Gasteiger partial charge is 0.378 e. The first kappa shape index (κ1) is 23.9. The van der Waals surface area contributed by atoms with E-state index in [-0.39, 0.29) is 1.43 Å². The highest BCUT2D eigenvalue weighted by molar-refractivity contribution is 5.92. The Morgan fingerprint density at radius 2 is 1.68 bits per heavy atom. The molecule has 0 saturated carbocycles. The van der Waals surface area contributed by atoms with Crippen molar-refractivity contribution in [3.05, 3.63) is 83.8 Å². The van der Waals surface area contributed by atoms with E-state index in [4.69, 9.17) is 14.7 Å². The molecule has 3 aliphatic rings. The van der Waals surface area contributed by atoms with E-state index in [9.17, 15) is 0 Å². The molecule has 0 amide bonds. The van der Waals surface area contributed by atoms with Crippen LogP contribution in [0.5, 0.6) is 0 Å². The van der Waals surface area contributed by atoms with Crippen molar-refractivity contribution in [2.75, 3.05) is 13.2 Å². The van der Waals surface area contributed by atoms with Gasteiger partial charge in [0.1, 0.15) is 0 Å². The first-order valence-corrected chi connectivity index (χ1v) is 14.4. The Labute approximate surface area is 235 Å². The summed E-state index contributed by atoms with van der Waals surface area (Å²) in [6.45, 7) is 3.90. The summed E-state index contributed by atoms with van der Waals surface area (Å²) in [6, 6.07) is 19.3. The van der Waals surface area contributed by atoms with Gasteiger partial charge >= 0.3 is 0 Å². The molecule has 3 atom stereocenters. The molecule has 8 rings (SSSR count). The molecule has 7 heteroatoms. The van der Waals surface area contributed by atoms with E-state index in [1.54, 1.807) is 0 Å². The lowest BCUT2D eigenvalue weighted by molar-refractivity contribution is -0.148. The van der Waals surface area contributed by atoms with Crippen LogP contribution in [0.4, 0.5) is 0 Å². The molecular formula is C33H34N6O. The summed E-state index contributed by atoms with van der Waals surface area (Å²) in [7, 11) is 0. The van der Waals surface area contributed by atoms with Crippen LogP contribution >= 0.6 is 0 Å². The van der Waals surface area contributed by atoms with Crippen LogP contribution in [0.2, 0.25) is 0 Å². The standard InChI is InChI=1S/C33H32N6O.H2/c1-20-3-2-12-34-31(20)24-8-11-30(35-16-24)32-29-14-25(17-36-33(29)38-37-32)23-5-4-21-6-9-26(10-7-22(21)13-23)39-27-15-28(39)19-40-18-27;/h2-5,8,11-14,16-17,26-28H,6-7,9-10,15,18-19H2,1H3,(H,36,37,38);1H/t26-,27?,28?;/m0./s1. The molecule has 7 nitrogen and oxygen atoms in total. The second-order valence-corrected chi connectivity index (χ2v) is 11.5. The highest BCUT2D eigenvalue weighted by Gasteiger charge is 2.45. The summed E-state index contributed by atoms with van der Waals surface area (Å²) in [5, 5.41) is 8.62. The zero-order valence-corrected chi connectivity index (χ0v) is 22.7. The number of H-pyrrole nitrogens is 1. The van der Waals surface area contributed by atoms with Crippen molar-refractivity contribution < 1.29 is 6.16 Å². The smallest absolute Gasteiger partial charge is 0.181 e. The van der Waals surface area contributed by atoms with Crippen molar-refractivity contribution in [2.24, 2.45) is 0 Å². The van der Waals surface area contributed by atoms with E-state index in [1.807, 2.05) is 30.7 Å². The van der Waals surface area contributed by atoms with E-state index >= 15 is 0 Å². The fourth-order valence-corrected chi connectivity index (χ4v) is 7.05. The van der Waals surface area contributed by atoms with Crippen LogP contribution < -0.4 is 0 Å². The number of fused-ring (bicyclic) bond motifs is 4. The summed E-state index contributed by atoms with van der Waals surface area (Å²) < 4.78 is 5.74. The van der Waals surface area contributed by atoms with Crippen LogP contribution in [0.25, 0.3) is 44.8 Å². The highest BCUT2D eigenvalue weighted by Crippen LogP contribution is 2.38. The van der Waals surface area contributed by atoms with Crippen LogP contribution in [-0.2, 0) is 17.6 Å². The Kier molecular flexibility index (Phi) is 5.74. The van der Waals surface area contributed by atoms with Gasteiger partial charge in [0.15, 0.2) is 5.65 Å². The van der Waals surface area contributed by atoms with Crippen LogP contribution in [0.15, 0.2) is 67.1 Å². The van der Waals surface area contributed by atoms with Gasteiger partial charge in [0.25, 0.3) is 0 Å². The maximum Gasteiger partial charge on any atom is 0.181 e. The zero-order chi connectivity index (χ0) is 26.6. The first-order valence-electron chi connectivity index (χ1n) is 14.4. The number of nitrogens with one attached hydrogen (secondary N) is 1. The summed E-state index contributed by atoms with van der Waals surface area (Å²) in [5.74, 6) is 0. The van der Waals surface area contributed by atoms with Gasteiger partial charge in [-0.15, -0.1) is 0 Å². The number of rotatable bonds is 4. The topological polar surface area (TPSA) is 79.8 Å². The lowest BCUT2D eigenvalue weighted by Crippen LogP contribution is -2.66. The molecular weight excluding hydrogens is 496 g/mol. The molecule has 5 aromatic rings. The molecule has 2 saturated heterocycles. The molecule has 1 aromatic carbocycles. The molecule has 0 spiro atoms. The van der Waals surface area contributed by atoms with Gasteiger partial charge in [-0.05, 0) is 85.5 Å². The third-order valence-corrected chi connectivity index (χ3v) is 9.18. The number of benzene rings is 1. The molecule has 202 valence electrons. The van der Waals surface area contributed by atoms with E-state index in [0.717, 1.165) is 65.2 Å². The summed E-state index contributed by atoms with van der Waals surface area (Å²) in [4.78, 5) is 16.8. The number of hydrogen-bond donors (Lipinski definition) is 1. The normalized spacial score (nSPS) is 22.5. The number of nitrogens with zero attached hydrogens (tertiary/aromatic N) is 5. The average molecular weight is 531 g/mol. The molecule has 0 radical (unpaired) electrons. The molecule has 2 aliphatic heterocycles. The van der Waals surface area contributed by atoms with Crippen LogP contribution in [0.1, 0.15) is 37.4 Å². The first-order chi connectivity index (χ1) is 19.7. The molecule has 2 fully saturated rings. The minimum Gasteiger partial charge on any atom is -0.378 e. The maximum absolute atomic E-state index is 5.74. The number of ether oxygens (including phenoxy) is 1. The van der Waals surface area contributed by atoms with Gasteiger partial charge in [-0.3, -0.25) is 20.0 Å². The van der Waals surface area contributed by atoms with Crippen molar-refractivity contribution in [3.63, 3.8) is 0 Å². The van der Waals surface area contributed by atoms with Gasteiger partial charge < -0.3 is 4.74 Å². The van der Waals surface area contributed by atoms with Gasteiger partial charge in [-0.2, -0.15) is 5.10 Å². The van der Waals surface area contributed by atoms with E-state index in [1.165, 1.54) is 36.0 Å². The molecule has 40 heavy (non-hydrogen) atoms. The number of pyridine rings is 3. The Balaban J connectivity index is 0.00000276. The average Bonchev–Trinajstić information content (AvgIpc) is 3.32. The SMILES string of the molecule is Cc1cccnc1-c1ccc(-c2[nH]nc3ncc(-c4ccc5c(c4)CC[C@@H](N4C6COCC4C6)CC5)cc23)nc1.[HH]. The number of aromatic amines is 1. The Hall–Kier alpha value is -3.94. The molecule has 4 aromatic heterocycles. The second kappa shape index (κ2) is 9.61. The zero-order valence-electron chi connectivity index (χ0n) is 22.7. The van der Waals surface area contributed by atoms with Crippen molar-refractivity contribution >= 4 is 11.0 Å². The highest BCUT2D eigenvalue weighted by atomic mass is 16.5. The molecule has 6 heterocycles. The Morgan fingerprint density at radius 3 is 2.48 bits per heavy atom. The summed E-state index contributed by atoms with van der Waals surface area (Å²) >= 11 is 0. The molecule has 2 unspecified atom stereocenters. The van der Waals surface area contributed by atoms with Crippen LogP contribution in [-0.4, -0.2) is 61.4 Å².